The molecule has 258 valence electrons. The molecule has 0 aliphatic heterocycles. The van der Waals surface area contributed by atoms with E-state index in [2.05, 4.69) is 31.2 Å². The first-order valence-corrected chi connectivity index (χ1v) is 15.7. The number of nitrogens with two attached hydrogens (primary N) is 3. The van der Waals surface area contributed by atoms with E-state index in [0.717, 1.165) is 16.5 Å². The first-order chi connectivity index (χ1) is 22.8. The minimum Gasteiger partial charge on any atom is -0.480 e. The number of aliphatic imine (C=N–C) groups is 1. The molecule has 12 N–H and O–H groups in total. The van der Waals surface area contributed by atoms with Gasteiger partial charge in [0.2, 0.25) is 23.6 Å². The maximum Gasteiger partial charge on any atom is 0.326 e. The molecule has 0 fully saturated rings. The van der Waals surface area contributed by atoms with Crippen molar-refractivity contribution in [1.29, 1.82) is 0 Å². The predicted octanol–water partition coefficient (Wildman–Crippen LogP) is -0.355. The second-order valence-corrected chi connectivity index (χ2v) is 11.8. The van der Waals surface area contributed by atoms with Crippen LogP contribution in [0.3, 0.4) is 0 Å². The Morgan fingerprint density at radius 1 is 0.854 bits per heavy atom. The molecule has 3 aromatic rings. The SMILES string of the molecule is CC(C)[C@H](NC(=O)[C@H](Cc1c[nH]c2ccccc12)NC(=O)[C@H](CCCN=C(N)N)NC(=O)CNC(=O)[C@@H](N)Cc1ccccc1)C(=O)O. The number of carboxylic acids is 1. The molecular formula is C33H45N9O6. The van der Waals surface area contributed by atoms with Gasteiger partial charge in [0.05, 0.1) is 12.6 Å². The van der Waals surface area contributed by atoms with Gasteiger partial charge in [0.25, 0.3) is 0 Å². The molecule has 48 heavy (non-hydrogen) atoms. The van der Waals surface area contributed by atoms with Crippen molar-refractivity contribution < 1.29 is 29.1 Å². The minimum absolute atomic E-state index is 0.0239. The Morgan fingerprint density at radius 2 is 1.52 bits per heavy atom. The number of hydrogen-bond donors (Lipinski definition) is 9. The van der Waals surface area contributed by atoms with Gasteiger partial charge in [-0.1, -0.05) is 62.4 Å². The van der Waals surface area contributed by atoms with Crippen LogP contribution in [0.25, 0.3) is 10.9 Å². The summed E-state index contributed by atoms with van der Waals surface area (Å²) in [5.41, 5.74) is 19.2. The molecule has 1 heterocycles. The van der Waals surface area contributed by atoms with Crippen LogP contribution in [0.5, 0.6) is 0 Å². The molecule has 2 aromatic carbocycles. The highest BCUT2D eigenvalue weighted by Gasteiger charge is 2.31. The van der Waals surface area contributed by atoms with Gasteiger partial charge in [-0.15, -0.1) is 0 Å². The number of H-pyrrole nitrogens is 1. The van der Waals surface area contributed by atoms with Gasteiger partial charge in [-0.2, -0.15) is 0 Å². The van der Waals surface area contributed by atoms with E-state index >= 15 is 0 Å². The number of aromatic nitrogens is 1. The fourth-order valence-electron chi connectivity index (χ4n) is 5.05. The fraction of sp³-hybridized carbons (Fsp3) is 0.394. The van der Waals surface area contributed by atoms with Crippen molar-refractivity contribution in [2.75, 3.05) is 13.1 Å². The van der Waals surface area contributed by atoms with Crippen LogP contribution < -0.4 is 38.5 Å². The summed E-state index contributed by atoms with van der Waals surface area (Å²) in [4.78, 5) is 71.6. The van der Waals surface area contributed by atoms with Crippen LogP contribution in [0.1, 0.15) is 37.8 Å². The Morgan fingerprint density at radius 3 is 2.19 bits per heavy atom. The third-order valence-corrected chi connectivity index (χ3v) is 7.62. The van der Waals surface area contributed by atoms with Gasteiger partial charge in [0.15, 0.2) is 5.96 Å². The predicted molar refractivity (Wildman–Crippen MR) is 181 cm³/mol. The molecule has 15 nitrogen and oxygen atoms in total. The van der Waals surface area contributed by atoms with E-state index in [-0.39, 0.29) is 31.8 Å². The van der Waals surface area contributed by atoms with Crippen molar-refractivity contribution in [2.24, 2.45) is 28.1 Å². The molecule has 4 amide bonds. The number of aromatic amines is 1. The molecule has 0 bridgehead atoms. The Kier molecular flexibility index (Phi) is 13.9. The molecule has 0 spiro atoms. The number of nitrogens with one attached hydrogen (secondary N) is 5. The largest absolute Gasteiger partial charge is 0.480 e. The zero-order chi connectivity index (χ0) is 35.2. The normalized spacial score (nSPS) is 13.5. The molecule has 1 aromatic heterocycles. The van der Waals surface area contributed by atoms with Gasteiger partial charge in [-0.05, 0) is 42.4 Å². The standard InChI is InChI=1S/C33H45N9O6/c1-19(2)28(32(47)48)42-31(46)26(16-21-17-38-24-12-7-6-11-22(21)24)41-30(45)25(13-8-14-37-33(35)36)40-27(43)18-39-29(44)23(34)15-20-9-4-3-5-10-20/h3-7,9-12,17,19,23,25-26,28,38H,8,13-16,18,34H2,1-2H3,(H,39,44)(H,40,43)(H,41,45)(H,42,46)(H,47,48)(H4,35,36,37)/t23-,25-,26-,28-/m0/s1. The summed E-state index contributed by atoms with van der Waals surface area (Å²) < 4.78 is 0. The first-order valence-electron chi connectivity index (χ1n) is 15.7. The molecule has 3 rings (SSSR count). The lowest BCUT2D eigenvalue weighted by atomic mass is 10.0. The van der Waals surface area contributed by atoms with Crippen LogP contribution in [0.15, 0.2) is 65.8 Å². The van der Waals surface area contributed by atoms with E-state index in [1.165, 1.54) is 0 Å². The van der Waals surface area contributed by atoms with E-state index in [1.807, 2.05) is 54.6 Å². The number of carbonyl (C=O) groups is 5. The summed E-state index contributed by atoms with van der Waals surface area (Å²) in [6, 6.07) is 12.1. The van der Waals surface area contributed by atoms with Crippen LogP contribution in [-0.2, 0) is 36.8 Å². The number of guanidine groups is 1. The van der Waals surface area contributed by atoms with Crippen LogP contribution >= 0.6 is 0 Å². The molecular weight excluding hydrogens is 618 g/mol. The van der Waals surface area contributed by atoms with Gasteiger partial charge in [0.1, 0.15) is 18.1 Å². The fourth-order valence-corrected chi connectivity index (χ4v) is 5.05. The van der Waals surface area contributed by atoms with Crippen molar-refractivity contribution in [3.05, 3.63) is 71.9 Å². The monoisotopic (exact) mass is 663 g/mol. The third kappa shape index (κ3) is 11.4. The van der Waals surface area contributed by atoms with Gasteiger partial charge < -0.3 is 48.6 Å². The van der Waals surface area contributed by atoms with Gasteiger partial charge in [-0.3, -0.25) is 24.2 Å². The molecule has 0 unspecified atom stereocenters. The van der Waals surface area contributed by atoms with E-state index in [4.69, 9.17) is 17.2 Å². The number of amides is 4. The van der Waals surface area contributed by atoms with E-state index < -0.39 is 66.2 Å². The zero-order valence-electron chi connectivity index (χ0n) is 27.1. The van der Waals surface area contributed by atoms with Crippen LogP contribution in [-0.4, -0.2) is 82.9 Å². The van der Waals surface area contributed by atoms with Gasteiger partial charge in [0, 0.05) is 30.1 Å². The summed E-state index contributed by atoms with van der Waals surface area (Å²) in [6.07, 6.45) is 2.38. The summed E-state index contributed by atoms with van der Waals surface area (Å²) in [6.45, 7) is 3.03. The summed E-state index contributed by atoms with van der Waals surface area (Å²) in [5, 5.41) is 20.8. The van der Waals surface area contributed by atoms with Crippen LogP contribution in [0.2, 0.25) is 0 Å². The number of nitrogens with zero attached hydrogens (tertiary/aromatic N) is 1. The Bertz CT molecular complexity index is 1590. The minimum atomic E-state index is -1.22. The number of para-hydroxylation sites is 1. The summed E-state index contributed by atoms with van der Waals surface area (Å²) >= 11 is 0. The second kappa shape index (κ2) is 18.0. The van der Waals surface area contributed by atoms with Crippen molar-refractivity contribution in [1.82, 2.24) is 26.3 Å². The molecule has 0 saturated carbocycles. The van der Waals surface area contributed by atoms with E-state index in [1.54, 1.807) is 20.0 Å². The highest BCUT2D eigenvalue weighted by atomic mass is 16.4. The highest BCUT2D eigenvalue weighted by molar-refractivity contribution is 5.95. The van der Waals surface area contributed by atoms with Crippen molar-refractivity contribution in [3.8, 4) is 0 Å². The molecule has 0 radical (unpaired) electrons. The van der Waals surface area contributed by atoms with Gasteiger partial charge >= 0.3 is 5.97 Å². The number of hydrogen-bond acceptors (Lipinski definition) is 7. The van der Waals surface area contributed by atoms with E-state index in [9.17, 15) is 29.1 Å². The number of rotatable bonds is 18. The Balaban J connectivity index is 1.76. The first kappa shape index (κ1) is 37.0. The Hall–Kier alpha value is -5.44. The van der Waals surface area contributed by atoms with Crippen molar-refractivity contribution >= 4 is 46.5 Å². The quantitative estimate of drug-likeness (QED) is 0.0488. The Labute approximate surface area is 278 Å². The number of carbonyl (C=O) groups excluding carboxylic acids is 4. The van der Waals surface area contributed by atoms with Crippen molar-refractivity contribution in [2.45, 2.75) is 63.7 Å². The molecule has 0 aliphatic rings. The number of aliphatic carboxylic acids is 1. The third-order valence-electron chi connectivity index (χ3n) is 7.62. The van der Waals surface area contributed by atoms with E-state index in [0.29, 0.717) is 12.0 Å². The second-order valence-electron chi connectivity index (χ2n) is 11.8. The molecule has 0 aliphatic carbocycles. The lowest BCUT2D eigenvalue weighted by Gasteiger charge is -2.25. The lowest BCUT2D eigenvalue weighted by molar-refractivity contribution is -0.143. The summed E-state index contributed by atoms with van der Waals surface area (Å²) in [7, 11) is 0. The molecule has 4 atom stereocenters. The highest BCUT2D eigenvalue weighted by Crippen LogP contribution is 2.19. The maximum absolute atomic E-state index is 13.7. The molecule has 15 heteroatoms. The van der Waals surface area contributed by atoms with Crippen molar-refractivity contribution in [3.63, 3.8) is 0 Å². The number of benzene rings is 2. The number of fused-ring (bicyclic) bond motifs is 1. The zero-order valence-corrected chi connectivity index (χ0v) is 27.1. The average molecular weight is 664 g/mol. The van der Waals surface area contributed by atoms with Crippen LogP contribution in [0, 0.1) is 5.92 Å². The van der Waals surface area contributed by atoms with Gasteiger partial charge in [-0.25, -0.2) is 4.79 Å². The maximum atomic E-state index is 13.7. The average Bonchev–Trinajstić information content (AvgIpc) is 3.45. The smallest absolute Gasteiger partial charge is 0.326 e. The van der Waals surface area contributed by atoms with Crippen LogP contribution in [0.4, 0.5) is 0 Å². The number of carboxylic acid groups (broad SMARTS) is 1. The molecule has 0 saturated heterocycles. The topological polar surface area (TPSA) is 260 Å². The summed E-state index contributed by atoms with van der Waals surface area (Å²) in [5.74, 6) is -4.41. The lowest BCUT2D eigenvalue weighted by Crippen LogP contribution is -2.57.